The van der Waals surface area contributed by atoms with Gasteiger partial charge >= 0.3 is 5.97 Å². The van der Waals surface area contributed by atoms with Gasteiger partial charge in [0, 0.05) is 36.0 Å². The van der Waals surface area contributed by atoms with Crippen molar-refractivity contribution in [1.29, 1.82) is 0 Å². The van der Waals surface area contributed by atoms with E-state index in [-0.39, 0.29) is 41.7 Å². The lowest BCUT2D eigenvalue weighted by molar-refractivity contribution is -0.139. The number of benzene rings is 4. The number of hydrogen-bond acceptors (Lipinski definition) is 6. The predicted octanol–water partition coefficient (Wildman–Crippen LogP) is 9.02. The maximum Gasteiger partial charge on any atom is 0.341 e. The minimum atomic E-state index is -3.98. The Hall–Kier alpha value is -4.15. The van der Waals surface area contributed by atoms with E-state index in [2.05, 4.69) is 56.8 Å². The van der Waals surface area contributed by atoms with Gasteiger partial charge in [-0.05, 0) is 84.8 Å². The Bertz CT molecular complexity index is 1900. The molecule has 1 aliphatic rings. The SMILES string of the molecule is C=C(C)[C@@H]1C[C@@H](c2ccc(-c3ccccc3)cc2)[C@@H](CC(C)C)O[C@H]1c1cc(S(=O)(=O)N(C)CCOc2ccc(Cl)cc2)ccc1OCC(=O)O. The van der Waals surface area contributed by atoms with Crippen LogP contribution in [0.25, 0.3) is 11.1 Å². The van der Waals surface area contributed by atoms with E-state index in [1.54, 1.807) is 30.3 Å². The van der Waals surface area contributed by atoms with Gasteiger partial charge in [-0.25, -0.2) is 13.2 Å². The third-order valence-corrected chi connectivity index (χ3v) is 11.4. The van der Waals surface area contributed by atoms with Crippen LogP contribution in [0, 0.1) is 11.8 Å². The molecule has 0 spiro atoms. The molecule has 270 valence electrons. The molecule has 0 saturated carbocycles. The lowest BCUT2D eigenvalue weighted by atomic mass is 9.74. The fraction of sp³-hybridized carbons (Fsp3) is 0.341. The van der Waals surface area contributed by atoms with Crippen molar-refractivity contribution in [3.63, 3.8) is 0 Å². The molecule has 8 nitrogen and oxygen atoms in total. The van der Waals surface area contributed by atoms with Crippen molar-refractivity contribution >= 4 is 27.6 Å². The minimum Gasteiger partial charge on any atom is -0.492 e. The average Bonchev–Trinajstić information content (AvgIpc) is 3.11. The summed E-state index contributed by atoms with van der Waals surface area (Å²) < 4.78 is 47.5. The topological polar surface area (TPSA) is 102 Å². The number of likely N-dealkylation sites (N-methyl/N-ethyl adjacent to an activating group) is 1. The molecule has 1 N–H and O–H groups in total. The standard InChI is InChI=1S/C41H46ClNO7S/c1-27(2)23-39-36(31-13-11-30(12-14-31)29-9-7-6-8-10-29)25-35(28(3)4)41(50-39)37-24-34(19-20-38(37)49-26-40(44)45)51(46,47)43(5)21-22-48-33-17-15-32(42)16-18-33/h6-20,24,27,35-36,39,41H,3,21-23,25-26H2,1-2,4-5H3,(H,44,45)/t35-,36-,39+,41+/m0/s1. The third kappa shape index (κ3) is 9.60. The van der Waals surface area contributed by atoms with Gasteiger partial charge < -0.3 is 19.3 Å². The van der Waals surface area contributed by atoms with E-state index in [0.29, 0.717) is 28.7 Å². The molecule has 4 atom stereocenters. The minimum absolute atomic E-state index is 0.0391. The molecule has 1 heterocycles. The maximum atomic E-state index is 13.9. The van der Waals surface area contributed by atoms with E-state index >= 15 is 0 Å². The van der Waals surface area contributed by atoms with Gasteiger partial charge in [0.25, 0.3) is 0 Å². The molecule has 4 aromatic carbocycles. The highest BCUT2D eigenvalue weighted by molar-refractivity contribution is 7.89. The molecule has 1 saturated heterocycles. The number of carboxylic acids is 1. The summed E-state index contributed by atoms with van der Waals surface area (Å²) in [4.78, 5) is 11.6. The smallest absolute Gasteiger partial charge is 0.341 e. The lowest BCUT2D eigenvalue weighted by Gasteiger charge is -2.43. The molecule has 4 aromatic rings. The Morgan fingerprint density at radius 2 is 1.65 bits per heavy atom. The van der Waals surface area contributed by atoms with Crippen LogP contribution in [-0.2, 0) is 19.6 Å². The summed E-state index contributed by atoms with van der Waals surface area (Å²) in [6, 6.07) is 30.2. The zero-order chi connectivity index (χ0) is 36.7. The second-order valence-electron chi connectivity index (χ2n) is 13.5. The molecule has 0 aliphatic carbocycles. The number of hydrogen-bond donors (Lipinski definition) is 1. The third-order valence-electron chi connectivity index (χ3n) is 9.26. The first-order valence-electron chi connectivity index (χ1n) is 17.1. The Labute approximate surface area is 306 Å². The van der Waals surface area contributed by atoms with Crippen LogP contribution in [-0.4, -0.2) is 56.7 Å². The van der Waals surface area contributed by atoms with Gasteiger partial charge in [-0.3, -0.25) is 0 Å². The zero-order valence-electron chi connectivity index (χ0n) is 29.5. The summed E-state index contributed by atoms with van der Waals surface area (Å²) in [5.41, 5.74) is 4.79. The van der Waals surface area contributed by atoms with Crippen LogP contribution in [0.3, 0.4) is 0 Å². The molecule has 1 aliphatic heterocycles. The normalized spacial score (nSPS) is 19.2. The summed E-state index contributed by atoms with van der Waals surface area (Å²) in [5.74, 6) is -0.137. The van der Waals surface area contributed by atoms with Crippen LogP contribution < -0.4 is 9.47 Å². The molecule has 10 heteroatoms. The van der Waals surface area contributed by atoms with Crippen LogP contribution in [0.4, 0.5) is 0 Å². The van der Waals surface area contributed by atoms with Gasteiger partial charge in [-0.15, -0.1) is 0 Å². The second-order valence-corrected chi connectivity index (χ2v) is 16.0. The Morgan fingerprint density at radius 3 is 2.27 bits per heavy atom. The summed E-state index contributed by atoms with van der Waals surface area (Å²) in [5, 5.41) is 10.0. The molecule has 0 amide bonds. The number of nitrogens with zero attached hydrogens (tertiary/aromatic N) is 1. The first kappa shape index (κ1) is 38.1. The van der Waals surface area contributed by atoms with Crippen molar-refractivity contribution in [3.05, 3.63) is 125 Å². The number of carboxylic acid groups (broad SMARTS) is 1. The zero-order valence-corrected chi connectivity index (χ0v) is 31.1. The number of aliphatic carboxylic acids is 1. The quantitative estimate of drug-likeness (QED) is 0.122. The van der Waals surface area contributed by atoms with Crippen molar-refractivity contribution in [2.24, 2.45) is 11.8 Å². The van der Waals surface area contributed by atoms with E-state index in [1.165, 1.54) is 23.5 Å². The van der Waals surface area contributed by atoms with Crippen molar-refractivity contribution in [2.45, 2.75) is 56.6 Å². The van der Waals surface area contributed by atoms with E-state index in [4.69, 9.17) is 25.8 Å². The summed E-state index contributed by atoms with van der Waals surface area (Å²) >= 11 is 5.96. The van der Waals surface area contributed by atoms with E-state index < -0.39 is 28.7 Å². The fourth-order valence-corrected chi connectivity index (χ4v) is 7.89. The van der Waals surface area contributed by atoms with Crippen molar-refractivity contribution in [2.75, 3.05) is 26.8 Å². The summed E-state index contributed by atoms with van der Waals surface area (Å²) in [7, 11) is -2.48. The first-order chi connectivity index (χ1) is 24.3. The molecule has 0 unspecified atom stereocenters. The lowest BCUT2D eigenvalue weighted by Crippen LogP contribution is -2.37. The molecule has 5 rings (SSSR count). The molecule has 51 heavy (non-hydrogen) atoms. The Kier molecular flexibility index (Phi) is 12.6. The highest BCUT2D eigenvalue weighted by Crippen LogP contribution is 2.50. The highest BCUT2D eigenvalue weighted by Gasteiger charge is 2.41. The summed E-state index contributed by atoms with van der Waals surface area (Å²) in [6.45, 7) is 10.2. The first-order valence-corrected chi connectivity index (χ1v) is 18.9. The molecule has 0 radical (unpaired) electrons. The maximum absolute atomic E-state index is 13.9. The number of ether oxygens (including phenoxy) is 3. The number of sulfonamides is 1. The fourth-order valence-electron chi connectivity index (χ4n) is 6.57. The largest absolute Gasteiger partial charge is 0.492 e. The summed E-state index contributed by atoms with van der Waals surface area (Å²) in [6.07, 6.45) is 0.654. The van der Waals surface area contributed by atoms with Crippen LogP contribution >= 0.6 is 11.6 Å². The highest BCUT2D eigenvalue weighted by atomic mass is 35.5. The van der Waals surface area contributed by atoms with E-state index in [9.17, 15) is 18.3 Å². The van der Waals surface area contributed by atoms with Crippen molar-refractivity contribution in [1.82, 2.24) is 4.31 Å². The average molecular weight is 732 g/mol. The Morgan fingerprint density at radius 1 is 0.980 bits per heavy atom. The van der Waals surface area contributed by atoms with Gasteiger partial charge in [0.05, 0.1) is 17.1 Å². The predicted molar refractivity (Wildman–Crippen MR) is 201 cm³/mol. The van der Waals surface area contributed by atoms with Gasteiger partial charge in [0.1, 0.15) is 18.1 Å². The second kappa shape index (κ2) is 16.9. The van der Waals surface area contributed by atoms with Crippen LogP contribution in [0.1, 0.15) is 56.8 Å². The molecule has 0 aromatic heterocycles. The molecular weight excluding hydrogens is 686 g/mol. The number of carbonyl (C=O) groups is 1. The molecular formula is C41H46ClNO7S. The van der Waals surface area contributed by atoms with Crippen molar-refractivity contribution < 1.29 is 32.5 Å². The monoisotopic (exact) mass is 731 g/mol. The van der Waals surface area contributed by atoms with Crippen molar-refractivity contribution in [3.8, 4) is 22.6 Å². The number of halogens is 1. The van der Waals surface area contributed by atoms with Crippen LogP contribution in [0.5, 0.6) is 11.5 Å². The van der Waals surface area contributed by atoms with Gasteiger partial charge in [-0.1, -0.05) is 92.2 Å². The Balaban J connectivity index is 1.46. The number of rotatable bonds is 15. The van der Waals surface area contributed by atoms with Gasteiger partial charge in [0.15, 0.2) is 6.61 Å². The van der Waals surface area contributed by atoms with Crippen LogP contribution in [0.15, 0.2) is 114 Å². The van der Waals surface area contributed by atoms with Gasteiger partial charge in [-0.2, -0.15) is 4.31 Å². The molecule has 0 bridgehead atoms. The van der Waals surface area contributed by atoms with E-state index in [0.717, 1.165) is 28.7 Å². The van der Waals surface area contributed by atoms with Gasteiger partial charge in [0.2, 0.25) is 10.0 Å². The molecule has 1 fully saturated rings. The van der Waals surface area contributed by atoms with E-state index in [1.807, 2.05) is 25.1 Å². The van der Waals surface area contributed by atoms with Crippen LogP contribution in [0.2, 0.25) is 5.02 Å².